The standard InChI is InChI=1S/C30H46O2S2.2ClH.Ti/c1-27(2,3)19-15-21(29(7,8)9)25(31)23(17-19)33-13-14-34-24-18-20(28(4,5)6)16-22(26(24)32)30(10,11)12;;;/h15-18,31-32H,13-14H2,1-12H3;2*1H;/q;;;+4/p-4. The Morgan fingerprint density at radius 3 is 1.00 bits per heavy atom. The molecule has 2 nitrogen and oxygen atoms in total. The normalized spacial score (nSPS) is 12.3. The van der Waals surface area contributed by atoms with Gasteiger partial charge in [0.1, 0.15) is 0 Å². The van der Waals surface area contributed by atoms with Crippen LogP contribution in [0.4, 0.5) is 0 Å². The van der Waals surface area contributed by atoms with Crippen LogP contribution in [0.3, 0.4) is 0 Å². The quantitative estimate of drug-likeness (QED) is 0.292. The number of hydrogen-bond acceptors (Lipinski definition) is 4. The van der Waals surface area contributed by atoms with E-state index < -0.39 is 0 Å². The third-order valence-electron chi connectivity index (χ3n) is 6.06. The Morgan fingerprint density at radius 1 is 0.514 bits per heavy atom. The van der Waals surface area contributed by atoms with Crippen LogP contribution in [-0.2, 0) is 43.4 Å². The van der Waals surface area contributed by atoms with Crippen molar-refractivity contribution < 1.29 is 56.7 Å². The summed E-state index contributed by atoms with van der Waals surface area (Å²) in [5.41, 5.74) is 3.71. The molecule has 0 spiro atoms. The summed E-state index contributed by atoms with van der Waals surface area (Å²) in [6, 6.07) is 8.33. The Labute approximate surface area is 262 Å². The Hall–Kier alpha value is 0.0343. The van der Waals surface area contributed by atoms with Crippen molar-refractivity contribution in [2.45, 2.75) is 115 Å². The molecule has 0 unspecified atom stereocenters. The third kappa shape index (κ3) is 10.5. The van der Waals surface area contributed by atoms with E-state index in [1.807, 2.05) is 0 Å². The van der Waals surface area contributed by atoms with Gasteiger partial charge in [0.25, 0.3) is 0 Å². The first-order valence-electron chi connectivity index (χ1n) is 12.2. The topological polar surface area (TPSA) is 46.1 Å². The number of thioether (sulfide) groups is 2. The minimum atomic E-state index is -0.198. The summed E-state index contributed by atoms with van der Waals surface area (Å²) < 4.78 is 0. The Balaban J connectivity index is 0. The summed E-state index contributed by atoms with van der Waals surface area (Å²) in [5, 5.41) is 26.5. The molecule has 0 atom stereocenters. The molecule has 2 rings (SSSR count). The van der Waals surface area contributed by atoms with Crippen molar-refractivity contribution in [2.75, 3.05) is 11.5 Å². The summed E-state index contributed by atoms with van der Waals surface area (Å²) >= 11 is 3.23. The summed E-state index contributed by atoms with van der Waals surface area (Å²) in [6.07, 6.45) is 0. The van der Waals surface area contributed by atoms with Gasteiger partial charge in [-0.15, -0.1) is 23.5 Å². The van der Waals surface area contributed by atoms with Gasteiger partial charge in [-0.2, -0.15) is 0 Å². The molecule has 7 heteroatoms. The van der Waals surface area contributed by atoms with E-state index in [4.69, 9.17) is 0 Å². The van der Waals surface area contributed by atoms with E-state index in [0.29, 0.717) is 0 Å². The second-order valence-electron chi connectivity index (χ2n) is 13.4. The molecule has 206 valence electrons. The zero-order valence-corrected chi connectivity index (χ0v) is 29.3. The molecule has 0 amide bonds. The first-order chi connectivity index (χ1) is 15.2. The number of benzene rings is 2. The van der Waals surface area contributed by atoms with E-state index in [9.17, 15) is 10.2 Å². The van der Waals surface area contributed by atoms with Gasteiger partial charge in [-0.1, -0.05) is 107 Å². The monoisotopic (exact) mass is 618 g/mol. The Morgan fingerprint density at radius 2 is 0.784 bits per heavy atom. The molecule has 37 heavy (non-hydrogen) atoms. The van der Waals surface area contributed by atoms with E-state index >= 15 is 0 Å². The van der Waals surface area contributed by atoms with Crippen molar-refractivity contribution in [3.05, 3.63) is 46.5 Å². The van der Waals surface area contributed by atoms with Crippen molar-refractivity contribution in [3.8, 4) is 11.5 Å². The average Bonchev–Trinajstić information content (AvgIpc) is 2.63. The van der Waals surface area contributed by atoms with Crippen molar-refractivity contribution in [3.63, 3.8) is 0 Å². The predicted molar refractivity (Wildman–Crippen MR) is 148 cm³/mol. The zero-order chi connectivity index (χ0) is 26.3. The fourth-order valence-electron chi connectivity index (χ4n) is 3.70. The van der Waals surface area contributed by atoms with E-state index in [-0.39, 0.29) is 79.7 Å². The summed E-state index contributed by atoms with van der Waals surface area (Å²) in [5.74, 6) is 1.84. The van der Waals surface area contributed by atoms with Gasteiger partial charge in [0.15, 0.2) is 0 Å². The maximum absolute atomic E-state index is 13.2. The van der Waals surface area contributed by atoms with Crippen molar-refractivity contribution in [2.24, 2.45) is 0 Å². The molecule has 0 aromatic heterocycles. The molecule has 0 saturated heterocycles. The smallest absolute Gasteiger partial charge is 1.00 e. The SMILES string of the molecule is CC(C)(C)c1cc(SCCSc2cc(C(C)(C)C)cc(C(C)(C)C)c2[O-])c([O-])c(C(C)(C)C)c1.[Cl-].[Cl-].[Ti+4]. The van der Waals surface area contributed by atoms with Crippen molar-refractivity contribution in [1.29, 1.82) is 0 Å². The molecule has 0 aliphatic heterocycles. The second-order valence-corrected chi connectivity index (χ2v) is 15.7. The van der Waals surface area contributed by atoms with Gasteiger partial charge in [-0.05, 0) is 65.8 Å². The summed E-state index contributed by atoms with van der Waals surface area (Å²) in [6.45, 7) is 25.7. The summed E-state index contributed by atoms with van der Waals surface area (Å²) in [7, 11) is 0. The molecule has 0 fully saturated rings. The first kappa shape index (κ1) is 39.2. The van der Waals surface area contributed by atoms with Gasteiger partial charge in [0, 0.05) is 11.5 Å². The van der Waals surface area contributed by atoms with Crippen LogP contribution in [0.2, 0.25) is 0 Å². The van der Waals surface area contributed by atoms with Gasteiger partial charge < -0.3 is 35.0 Å². The van der Waals surface area contributed by atoms with Gasteiger partial charge in [-0.25, -0.2) is 0 Å². The van der Waals surface area contributed by atoms with Crippen LogP contribution in [0.25, 0.3) is 0 Å². The van der Waals surface area contributed by atoms with Gasteiger partial charge >= 0.3 is 21.7 Å². The molecular formula is C30H44Cl2O2S2Ti. The zero-order valence-electron chi connectivity index (χ0n) is 24.6. The van der Waals surface area contributed by atoms with Gasteiger partial charge in [0.05, 0.1) is 0 Å². The largest absolute Gasteiger partial charge is 4.00 e. The number of hydrogen-bond donors (Lipinski definition) is 0. The van der Waals surface area contributed by atoms with Crippen LogP contribution >= 0.6 is 23.5 Å². The maximum atomic E-state index is 13.2. The Bertz CT molecular complexity index is 945. The van der Waals surface area contributed by atoms with Crippen LogP contribution in [-0.4, -0.2) is 11.5 Å². The third-order valence-corrected chi connectivity index (χ3v) is 8.36. The minimum absolute atomic E-state index is 0. The van der Waals surface area contributed by atoms with Crippen LogP contribution in [0.15, 0.2) is 34.1 Å². The molecule has 0 radical (unpaired) electrons. The van der Waals surface area contributed by atoms with E-state index in [1.54, 1.807) is 23.5 Å². The van der Waals surface area contributed by atoms with E-state index in [2.05, 4.69) is 107 Å². The summed E-state index contributed by atoms with van der Waals surface area (Å²) in [4.78, 5) is 1.64. The predicted octanol–water partition coefficient (Wildman–Crippen LogP) is 1.91. The van der Waals surface area contributed by atoms with Gasteiger partial charge in [-0.3, -0.25) is 0 Å². The van der Waals surface area contributed by atoms with E-state index in [1.165, 1.54) is 11.1 Å². The molecule has 2 aromatic carbocycles. The molecule has 0 aliphatic rings. The fraction of sp³-hybridized carbons (Fsp3) is 0.600. The maximum Gasteiger partial charge on any atom is 4.00 e. The molecule has 2 aromatic rings. The van der Waals surface area contributed by atoms with Crippen LogP contribution in [0, 0.1) is 0 Å². The molecule has 0 aliphatic carbocycles. The second kappa shape index (κ2) is 14.1. The first-order valence-corrected chi connectivity index (χ1v) is 14.2. The molecule has 0 bridgehead atoms. The van der Waals surface area contributed by atoms with Crippen LogP contribution in [0.1, 0.15) is 105 Å². The van der Waals surface area contributed by atoms with Crippen LogP contribution < -0.4 is 35.0 Å². The fourth-order valence-corrected chi connectivity index (χ4v) is 5.71. The Kier molecular flexibility index (Phi) is 14.9. The van der Waals surface area contributed by atoms with Crippen LogP contribution in [0.5, 0.6) is 11.5 Å². The van der Waals surface area contributed by atoms with E-state index in [0.717, 1.165) is 32.4 Å². The molecule has 0 N–H and O–H groups in total. The average molecular weight is 620 g/mol. The number of halogens is 2. The molecule has 0 heterocycles. The molecular weight excluding hydrogens is 575 g/mol. The van der Waals surface area contributed by atoms with Crippen molar-refractivity contribution >= 4 is 23.5 Å². The number of rotatable bonds is 5. The van der Waals surface area contributed by atoms with Gasteiger partial charge in [0.2, 0.25) is 0 Å². The minimum Gasteiger partial charge on any atom is -1.00 e. The molecule has 0 saturated carbocycles. The van der Waals surface area contributed by atoms with Crippen molar-refractivity contribution in [1.82, 2.24) is 0 Å².